The highest BCUT2D eigenvalue weighted by Crippen LogP contribution is 2.23. The number of hydrogen-bond acceptors (Lipinski definition) is 3. The van der Waals surface area contributed by atoms with Crippen molar-refractivity contribution in [3.63, 3.8) is 0 Å². The Morgan fingerprint density at radius 1 is 1.61 bits per heavy atom. The quantitative estimate of drug-likeness (QED) is 0.897. The number of nitrogens with two attached hydrogens (primary N) is 1. The standard InChI is InChI=1S/C12H20N4O.ClH/c1-3-15-8-11(6-14-15)12(17)16-7-10(5-13)4-9(16)2;/h6,8-10H,3-5,7,13H2,1-2H3;1H. The summed E-state index contributed by atoms with van der Waals surface area (Å²) >= 11 is 0. The van der Waals surface area contributed by atoms with Crippen LogP contribution in [-0.4, -0.2) is 39.7 Å². The van der Waals surface area contributed by atoms with Crippen LogP contribution in [0.15, 0.2) is 12.4 Å². The smallest absolute Gasteiger partial charge is 0.257 e. The fraction of sp³-hybridized carbons (Fsp3) is 0.667. The van der Waals surface area contributed by atoms with Gasteiger partial charge in [-0.2, -0.15) is 5.10 Å². The van der Waals surface area contributed by atoms with E-state index in [9.17, 15) is 4.79 Å². The molecule has 1 aliphatic rings. The third-order valence-corrected chi connectivity index (χ3v) is 3.46. The molecule has 1 aliphatic heterocycles. The van der Waals surface area contributed by atoms with Crippen LogP contribution in [0.5, 0.6) is 0 Å². The minimum absolute atomic E-state index is 0. The number of rotatable bonds is 3. The second-order valence-corrected chi connectivity index (χ2v) is 4.73. The summed E-state index contributed by atoms with van der Waals surface area (Å²) < 4.78 is 1.77. The van der Waals surface area contributed by atoms with Gasteiger partial charge in [0.15, 0.2) is 0 Å². The van der Waals surface area contributed by atoms with E-state index in [0.717, 1.165) is 19.5 Å². The van der Waals surface area contributed by atoms with Gasteiger partial charge in [-0.15, -0.1) is 12.4 Å². The molecule has 2 heterocycles. The van der Waals surface area contributed by atoms with Crippen LogP contribution in [0.2, 0.25) is 0 Å². The number of carbonyl (C=O) groups excluding carboxylic acids is 1. The second-order valence-electron chi connectivity index (χ2n) is 4.73. The molecular weight excluding hydrogens is 252 g/mol. The molecule has 2 atom stereocenters. The molecule has 1 amide bonds. The van der Waals surface area contributed by atoms with E-state index in [1.807, 2.05) is 18.0 Å². The van der Waals surface area contributed by atoms with E-state index in [-0.39, 0.29) is 24.4 Å². The van der Waals surface area contributed by atoms with Crippen molar-refractivity contribution < 1.29 is 4.79 Å². The van der Waals surface area contributed by atoms with Crippen LogP contribution in [0.3, 0.4) is 0 Å². The summed E-state index contributed by atoms with van der Waals surface area (Å²) in [4.78, 5) is 14.2. The van der Waals surface area contributed by atoms with E-state index in [0.29, 0.717) is 18.0 Å². The highest BCUT2D eigenvalue weighted by atomic mass is 35.5. The van der Waals surface area contributed by atoms with Gasteiger partial charge in [0, 0.05) is 25.3 Å². The molecule has 0 aromatic carbocycles. The van der Waals surface area contributed by atoms with Gasteiger partial charge in [-0.05, 0) is 32.7 Å². The molecule has 1 aromatic heterocycles. The normalized spacial score (nSPS) is 22.9. The predicted molar refractivity (Wildman–Crippen MR) is 72.8 cm³/mol. The lowest BCUT2D eigenvalue weighted by molar-refractivity contribution is 0.0743. The maximum atomic E-state index is 12.3. The van der Waals surface area contributed by atoms with Crippen LogP contribution in [0.4, 0.5) is 0 Å². The molecule has 2 N–H and O–H groups in total. The van der Waals surface area contributed by atoms with Crippen LogP contribution in [0, 0.1) is 5.92 Å². The molecule has 6 heteroatoms. The molecule has 5 nitrogen and oxygen atoms in total. The zero-order valence-corrected chi connectivity index (χ0v) is 11.7. The minimum Gasteiger partial charge on any atom is -0.336 e. The lowest BCUT2D eigenvalue weighted by atomic mass is 10.1. The Hall–Kier alpha value is -1.07. The summed E-state index contributed by atoms with van der Waals surface area (Å²) in [5, 5.41) is 4.14. The first kappa shape index (κ1) is 15.0. The third-order valence-electron chi connectivity index (χ3n) is 3.46. The zero-order chi connectivity index (χ0) is 12.4. The fourth-order valence-electron chi connectivity index (χ4n) is 2.41. The Balaban J connectivity index is 0.00000162. The summed E-state index contributed by atoms with van der Waals surface area (Å²) in [6, 6.07) is 0.279. The summed E-state index contributed by atoms with van der Waals surface area (Å²) in [5.74, 6) is 0.517. The number of halogens is 1. The van der Waals surface area contributed by atoms with Crippen molar-refractivity contribution in [2.24, 2.45) is 11.7 Å². The van der Waals surface area contributed by atoms with Crippen LogP contribution in [0.1, 0.15) is 30.6 Å². The third kappa shape index (κ3) is 2.84. The van der Waals surface area contributed by atoms with E-state index < -0.39 is 0 Å². The van der Waals surface area contributed by atoms with Gasteiger partial charge < -0.3 is 10.6 Å². The number of carbonyl (C=O) groups is 1. The topological polar surface area (TPSA) is 64.2 Å². The zero-order valence-electron chi connectivity index (χ0n) is 10.9. The Morgan fingerprint density at radius 2 is 2.33 bits per heavy atom. The summed E-state index contributed by atoms with van der Waals surface area (Å²) in [6.07, 6.45) is 4.46. The molecule has 2 unspecified atom stereocenters. The lowest BCUT2D eigenvalue weighted by Crippen LogP contribution is -2.34. The van der Waals surface area contributed by atoms with Gasteiger partial charge in [-0.25, -0.2) is 0 Å². The van der Waals surface area contributed by atoms with Crippen molar-refractivity contribution in [3.8, 4) is 0 Å². The molecule has 0 bridgehead atoms. The fourth-order valence-corrected chi connectivity index (χ4v) is 2.41. The van der Waals surface area contributed by atoms with Gasteiger partial charge in [0.2, 0.25) is 0 Å². The number of likely N-dealkylation sites (tertiary alicyclic amines) is 1. The summed E-state index contributed by atoms with van der Waals surface area (Å²) in [5.41, 5.74) is 6.35. The number of hydrogen-bond donors (Lipinski definition) is 1. The van der Waals surface area contributed by atoms with E-state index in [1.165, 1.54) is 0 Å². The van der Waals surface area contributed by atoms with Crippen LogP contribution < -0.4 is 5.73 Å². The van der Waals surface area contributed by atoms with Gasteiger partial charge in [0.25, 0.3) is 5.91 Å². The molecule has 0 radical (unpaired) electrons. The molecule has 0 aliphatic carbocycles. The second kappa shape index (κ2) is 6.20. The van der Waals surface area contributed by atoms with Gasteiger partial charge in [-0.3, -0.25) is 9.48 Å². The van der Waals surface area contributed by atoms with Gasteiger partial charge in [0.1, 0.15) is 0 Å². The van der Waals surface area contributed by atoms with Crippen LogP contribution in [0.25, 0.3) is 0 Å². The first-order valence-electron chi connectivity index (χ1n) is 6.19. The Bertz CT molecular complexity index is 407. The van der Waals surface area contributed by atoms with Crippen molar-refractivity contribution in [3.05, 3.63) is 18.0 Å². The highest BCUT2D eigenvalue weighted by molar-refractivity contribution is 5.94. The van der Waals surface area contributed by atoms with Crippen molar-refractivity contribution in [2.45, 2.75) is 32.9 Å². The molecule has 1 aromatic rings. The number of aromatic nitrogens is 2. The van der Waals surface area contributed by atoms with Gasteiger partial charge >= 0.3 is 0 Å². The number of nitrogens with zero attached hydrogens (tertiary/aromatic N) is 3. The number of amides is 1. The molecular formula is C12H21ClN4O. The average Bonchev–Trinajstić information content (AvgIpc) is 2.94. The van der Waals surface area contributed by atoms with Gasteiger partial charge in [-0.1, -0.05) is 0 Å². The van der Waals surface area contributed by atoms with E-state index in [2.05, 4.69) is 12.0 Å². The summed E-state index contributed by atoms with van der Waals surface area (Å²) in [7, 11) is 0. The summed E-state index contributed by atoms with van der Waals surface area (Å²) in [6.45, 7) is 6.30. The van der Waals surface area contributed by atoms with Crippen molar-refractivity contribution in [2.75, 3.05) is 13.1 Å². The van der Waals surface area contributed by atoms with Crippen molar-refractivity contribution in [1.29, 1.82) is 0 Å². The molecule has 0 saturated carbocycles. The van der Waals surface area contributed by atoms with E-state index in [4.69, 9.17) is 5.73 Å². The predicted octanol–water partition coefficient (Wildman–Crippen LogP) is 1.13. The van der Waals surface area contributed by atoms with Crippen LogP contribution >= 0.6 is 12.4 Å². The Kier molecular flexibility index (Phi) is 5.16. The largest absolute Gasteiger partial charge is 0.336 e. The lowest BCUT2D eigenvalue weighted by Gasteiger charge is -2.20. The number of aryl methyl sites for hydroxylation is 1. The monoisotopic (exact) mass is 272 g/mol. The van der Waals surface area contributed by atoms with Crippen molar-refractivity contribution in [1.82, 2.24) is 14.7 Å². The SMILES string of the molecule is CCn1cc(C(=O)N2CC(CN)CC2C)cn1.Cl. The molecule has 0 spiro atoms. The van der Waals surface area contributed by atoms with E-state index >= 15 is 0 Å². The Labute approximate surface area is 114 Å². The molecule has 1 fully saturated rings. The first-order chi connectivity index (χ1) is 8.15. The first-order valence-corrected chi connectivity index (χ1v) is 6.19. The highest BCUT2D eigenvalue weighted by Gasteiger charge is 2.32. The van der Waals surface area contributed by atoms with Crippen molar-refractivity contribution >= 4 is 18.3 Å². The maximum Gasteiger partial charge on any atom is 0.257 e. The molecule has 2 rings (SSSR count). The minimum atomic E-state index is 0. The average molecular weight is 273 g/mol. The Morgan fingerprint density at radius 3 is 2.83 bits per heavy atom. The maximum absolute atomic E-state index is 12.3. The molecule has 18 heavy (non-hydrogen) atoms. The van der Waals surface area contributed by atoms with E-state index in [1.54, 1.807) is 10.9 Å². The van der Waals surface area contributed by atoms with Crippen LogP contribution in [-0.2, 0) is 6.54 Å². The van der Waals surface area contributed by atoms with Gasteiger partial charge in [0.05, 0.1) is 11.8 Å². The molecule has 102 valence electrons. The molecule has 1 saturated heterocycles.